The lowest BCUT2D eigenvalue weighted by Crippen LogP contribution is -2.14. The number of fused-ring (bicyclic) bond motifs is 1. The summed E-state index contributed by atoms with van der Waals surface area (Å²) in [4.78, 5) is 21.4. The summed E-state index contributed by atoms with van der Waals surface area (Å²) >= 11 is 2.87. The Kier molecular flexibility index (Phi) is 6.29. The fourth-order valence-electron chi connectivity index (χ4n) is 1.59. The van der Waals surface area contributed by atoms with Crippen molar-refractivity contribution in [1.82, 2.24) is 17.3 Å². The second-order valence-corrected chi connectivity index (χ2v) is 6.42. The lowest BCUT2D eigenvalue weighted by Gasteiger charge is -2.19. The quantitative estimate of drug-likeness (QED) is 0.564. The number of aromatic nitrogens is 1. The highest BCUT2D eigenvalue weighted by atomic mass is 79.9. The van der Waals surface area contributed by atoms with Gasteiger partial charge in [0, 0.05) is 15.4 Å². The maximum absolute atomic E-state index is 13.7. The smallest absolute Gasteiger partial charge is 0.344 e. The summed E-state index contributed by atoms with van der Waals surface area (Å²) in [6.45, 7) is 0. The molecular weight excluding hydrogens is 385 g/mol. The molecule has 0 unspecified atom stereocenters. The Bertz CT molecular complexity index is 791. The van der Waals surface area contributed by atoms with E-state index in [0.717, 1.165) is 6.07 Å². The zero-order valence-corrected chi connectivity index (χ0v) is 13.5. The van der Waals surface area contributed by atoms with Crippen LogP contribution < -0.4 is 12.3 Å². The summed E-state index contributed by atoms with van der Waals surface area (Å²) in [5.41, 5.74) is -5.15. The molecule has 0 aliphatic carbocycles. The molecule has 2 rings (SSSR count). The van der Waals surface area contributed by atoms with Gasteiger partial charge in [-0.2, -0.15) is 14.0 Å². The molecule has 0 saturated carbocycles. The summed E-state index contributed by atoms with van der Waals surface area (Å²) in [7, 11) is -5.67. The number of rotatable bonds is 2. The first-order chi connectivity index (χ1) is 9.16. The van der Waals surface area contributed by atoms with Gasteiger partial charge in [-0.05, 0) is 24.3 Å². The zero-order valence-electron chi connectivity index (χ0n) is 11.0. The number of halogens is 3. The van der Waals surface area contributed by atoms with Gasteiger partial charge in [0.15, 0.2) is 0 Å². The largest absolute Gasteiger partial charge is 0.399 e. The van der Waals surface area contributed by atoms with Crippen LogP contribution in [0.1, 0.15) is 11.3 Å². The number of pyridine rings is 1. The molecule has 0 amide bonds. The van der Waals surface area contributed by atoms with Gasteiger partial charge >= 0.3 is 13.3 Å². The monoisotopic (exact) mass is 396 g/mol. The molecule has 7 nitrogen and oxygen atoms in total. The average molecular weight is 397 g/mol. The van der Waals surface area contributed by atoms with Gasteiger partial charge in [-0.15, -0.1) is 0 Å². The molecule has 0 saturated heterocycles. The number of alkyl halides is 2. The van der Waals surface area contributed by atoms with E-state index in [1.54, 1.807) is 6.07 Å². The Balaban J connectivity index is 0.00000220. The third kappa shape index (κ3) is 3.47. The molecule has 0 aliphatic rings. The van der Waals surface area contributed by atoms with Crippen LogP contribution in [-0.2, 0) is 10.2 Å². The minimum absolute atomic E-state index is 0. The van der Waals surface area contributed by atoms with Crippen molar-refractivity contribution in [2.45, 2.75) is 5.66 Å². The van der Waals surface area contributed by atoms with Crippen LogP contribution in [0.2, 0.25) is 0 Å². The van der Waals surface area contributed by atoms with Gasteiger partial charge in [0.1, 0.15) is 11.8 Å². The Morgan fingerprint density at radius 2 is 1.86 bits per heavy atom. The molecule has 0 atom stereocenters. The van der Waals surface area contributed by atoms with Gasteiger partial charge in [-0.1, -0.05) is 15.9 Å². The number of hydrogen-bond acceptors (Lipinski definition) is 5. The highest BCUT2D eigenvalue weighted by Crippen LogP contribution is 2.60. The highest BCUT2D eigenvalue weighted by molar-refractivity contribution is 9.10. The zero-order chi connectivity index (χ0) is 15.1. The lowest BCUT2D eigenvalue weighted by molar-refractivity contribution is 0.0558. The minimum atomic E-state index is -5.67. The summed E-state index contributed by atoms with van der Waals surface area (Å²) in [5.74, 6) is 0. The normalized spacial score (nSPS) is 11.3. The fourth-order valence-corrected chi connectivity index (χ4v) is 2.86. The van der Waals surface area contributed by atoms with E-state index < -0.39 is 18.8 Å². The fraction of sp³-hybridized carbons (Fsp3) is 0.0909. The van der Waals surface area contributed by atoms with E-state index in [1.807, 2.05) is 0 Å². The van der Waals surface area contributed by atoms with Crippen molar-refractivity contribution in [1.29, 1.82) is 5.26 Å². The van der Waals surface area contributed by atoms with Gasteiger partial charge in [0.05, 0.1) is 5.52 Å². The third-order valence-corrected chi connectivity index (χ3v) is 4.21. The van der Waals surface area contributed by atoms with Crippen molar-refractivity contribution in [2.24, 2.45) is 0 Å². The summed E-state index contributed by atoms with van der Waals surface area (Å²) in [6.07, 6.45) is 0. The predicted octanol–water partition coefficient (Wildman–Crippen LogP) is 3.42. The SMILES string of the molecule is N.N.N#Cc1ccc2cc(Br)c(C(F)(F)P(=O)(O)O)cc2n1. The topological polar surface area (TPSA) is 164 Å². The molecule has 0 bridgehead atoms. The van der Waals surface area contributed by atoms with E-state index in [0.29, 0.717) is 5.39 Å². The van der Waals surface area contributed by atoms with Crippen LogP contribution in [0.4, 0.5) is 8.78 Å². The van der Waals surface area contributed by atoms with E-state index in [-0.39, 0.29) is 28.0 Å². The molecule has 1 heterocycles. The first kappa shape index (κ1) is 20.5. The van der Waals surface area contributed by atoms with Crippen LogP contribution in [0.5, 0.6) is 0 Å². The Morgan fingerprint density at radius 3 is 2.36 bits per heavy atom. The first-order valence-electron chi connectivity index (χ1n) is 5.11. The van der Waals surface area contributed by atoms with Crippen molar-refractivity contribution in [2.75, 3.05) is 0 Å². The van der Waals surface area contributed by atoms with Crippen molar-refractivity contribution >= 4 is 34.4 Å². The van der Waals surface area contributed by atoms with E-state index in [1.165, 1.54) is 18.2 Å². The van der Waals surface area contributed by atoms with Crippen LogP contribution in [0.3, 0.4) is 0 Å². The summed E-state index contributed by atoms with van der Waals surface area (Å²) in [5, 5.41) is 9.18. The molecule has 0 aliphatic heterocycles. The minimum Gasteiger partial charge on any atom is -0.344 e. The molecule has 2 aromatic rings. The second-order valence-electron chi connectivity index (χ2n) is 3.92. The van der Waals surface area contributed by atoms with Gasteiger partial charge in [-0.25, -0.2) is 4.98 Å². The van der Waals surface area contributed by atoms with Crippen LogP contribution >= 0.6 is 23.5 Å². The first-order valence-corrected chi connectivity index (χ1v) is 7.51. The van der Waals surface area contributed by atoms with E-state index in [4.69, 9.17) is 15.0 Å². The van der Waals surface area contributed by atoms with Crippen LogP contribution in [0.25, 0.3) is 10.9 Å². The number of nitrogens with zero attached hydrogens (tertiary/aromatic N) is 2. The Hall–Kier alpha value is -1.47. The van der Waals surface area contributed by atoms with E-state index in [2.05, 4.69) is 20.9 Å². The Labute approximate surface area is 132 Å². The van der Waals surface area contributed by atoms with Crippen molar-refractivity contribution in [3.63, 3.8) is 0 Å². The highest BCUT2D eigenvalue weighted by Gasteiger charge is 2.51. The van der Waals surface area contributed by atoms with Crippen LogP contribution in [0.15, 0.2) is 28.7 Å². The lowest BCUT2D eigenvalue weighted by atomic mass is 10.1. The van der Waals surface area contributed by atoms with Crippen LogP contribution in [-0.4, -0.2) is 14.8 Å². The molecule has 1 aromatic heterocycles. The van der Waals surface area contributed by atoms with Crippen molar-refractivity contribution in [3.8, 4) is 6.07 Å². The van der Waals surface area contributed by atoms with Crippen molar-refractivity contribution in [3.05, 3.63) is 40.0 Å². The van der Waals surface area contributed by atoms with Crippen LogP contribution in [0, 0.1) is 11.3 Å². The maximum atomic E-state index is 13.7. The second kappa shape index (κ2) is 6.75. The number of benzene rings is 1. The number of nitriles is 1. The van der Waals surface area contributed by atoms with E-state index >= 15 is 0 Å². The average Bonchev–Trinajstić information content (AvgIpc) is 2.35. The summed E-state index contributed by atoms with van der Waals surface area (Å²) < 4.78 is 38.3. The van der Waals surface area contributed by atoms with E-state index in [9.17, 15) is 13.3 Å². The summed E-state index contributed by atoms with van der Waals surface area (Å²) in [6, 6.07) is 6.80. The van der Waals surface area contributed by atoms with Crippen molar-refractivity contribution < 1.29 is 23.1 Å². The molecular formula is C11H12BrF2N4O3P. The van der Waals surface area contributed by atoms with Gasteiger partial charge < -0.3 is 22.1 Å². The molecule has 0 spiro atoms. The van der Waals surface area contributed by atoms with Gasteiger partial charge in [0.2, 0.25) is 0 Å². The van der Waals surface area contributed by atoms with Gasteiger partial charge in [-0.3, -0.25) is 4.57 Å². The van der Waals surface area contributed by atoms with Gasteiger partial charge in [0.25, 0.3) is 0 Å². The molecule has 22 heavy (non-hydrogen) atoms. The molecule has 11 heteroatoms. The number of hydrogen-bond donors (Lipinski definition) is 4. The molecule has 8 N–H and O–H groups in total. The third-order valence-electron chi connectivity index (χ3n) is 2.58. The molecule has 0 radical (unpaired) electrons. The Morgan fingerprint density at radius 1 is 1.27 bits per heavy atom. The maximum Gasteiger partial charge on any atom is 0.399 e. The predicted molar refractivity (Wildman–Crippen MR) is 80.1 cm³/mol. The standard InChI is InChI=1S/C11H6BrF2N2O3P.2H3N/c12-9-3-6-1-2-7(5-15)16-10(6)4-8(9)11(13,14)20(17,18)19;;/h1-4H,(H2,17,18,19);2*1H3. The molecule has 0 fully saturated rings. The molecule has 1 aromatic carbocycles. The molecule has 120 valence electrons.